The minimum Gasteiger partial charge on any atom is -0.324 e. The minimum atomic E-state index is -0.658. The smallest absolute Gasteiger partial charge is 0.324 e. The summed E-state index contributed by atoms with van der Waals surface area (Å²) in [6, 6.07) is 7.19. The number of aromatic nitrogens is 3. The van der Waals surface area contributed by atoms with Crippen LogP contribution in [0.5, 0.6) is 0 Å². The number of anilines is 3. The molecular formula is C14H12N8O2. The normalized spacial score (nSPS) is 9.62. The molecule has 2 heterocycles. The van der Waals surface area contributed by atoms with Gasteiger partial charge in [-0.3, -0.25) is 10.1 Å². The summed E-state index contributed by atoms with van der Waals surface area (Å²) >= 11 is 0. The van der Waals surface area contributed by atoms with Crippen LogP contribution in [0.25, 0.3) is 0 Å². The number of aryl methyl sites for hydroxylation is 1. The lowest BCUT2D eigenvalue weighted by atomic mass is 10.3. The van der Waals surface area contributed by atoms with Crippen molar-refractivity contribution in [1.29, 1.82) is 10.5 Å². The van der Waals surface area contributed by atoms with Crippen LogP contribution in [-0.4, -0.2) is 33.0 Å². The molecule has 0 unspecified atom stereocenters. The number of hydrogen-bond acceptors (Lipinski definition) is 9. The Bertz CT molecular complexity index is 823. The van der Waals surface area contributed by atoms with Crippen molar-refractivity contribution < 1.29 is 4.92 Å². The molecule has 0 saturated heterocycles. The predicted molar refractivity (Wildman–Crippen MR) is 84.4 cm³/mol. The largest absolute Gasteiger partial charge is 0.353 e. The third kappa shape index (κ3) is 3.69. The van der Waals surface area contributed by atoms with Crippen LogP contribution < -0.4 is 10.2 Å². The van der Waals surface area contributed by atoms with E-state index in [4.69, 9.17) is 10.5 Å². The third-order valence-electron chi connectivity index (χ3n) is 2.97. The Kier molecular flexibility index (Phi) is 5.16. The van der Waals surface area contributed by atoms with E-state index in [1.54, 1.807) is 18.3 Å². The zero-order valence-corrected chi connectivity index (χ0v) is 12.7. The van der Waals surface area contributed by atoms with Gasteiger partial charge in [0.1, 0.15) is 25.2 Å². The van der Waals surface area contributed by atoms with Crippen molar-refractivity contribution in [1.82, 2.24) is 15.0 Å². The van der Waals surface area contributed by atoms with Gasteiger partial charge in [0.2, 0.25) is 11.6 Å². The monoisotopic (exact) mass is 324 g/mol. The Hall–Kier alpha value is -3.79. The van der Waals surface area contributed by atoms with E-state index in [1.807, 2.05) is 19.1 Å². The molecule has 10 nitrogen and oxygen atoms in total. The molecule has 1 N–H and O–H groups in total. The van der Waals surface area contributed by atoms with Gasteiger partial charge in [-0.15, -0.1) is 0 Å². The van der Waals surface area contributed by atoms with Crippen LogP contribution in [0.4, 0.5) is 23.1 Å². The summed E-state index contributed by atoms with van der Waals surface area (Å²) in [6.45, 7) is 1.43. The summed E-state index contributed by atoms with van der Waals surface area (Å²) in [5.41, 5.74) is 0.492. The Balaban J connectivity index is 2.49. The summed E-state index contributed by atoms with van der Waals surface area (Å²) in [5.74, 6) is 0.215. The first-order valence-corrected chi connectivity index (χ1v) is 6.74. The highest BCUT2D eigenvalue weighted by Crippen LogP contribution is 2.33. The molecule has 2 aromatic heterocycles. The molecule has 0 saturated carbocycles. The molecule has 0 bridgehead atoms. The van der Waals surface area contributed by atoms with Crippen molar-refractivity contribution in [2.24, 2.45) is 0 Å². The second-order valence-corrected chi connectivity index (χ2v) is 4.67. The highest BCUT2D eigenvalue weighted by atomic mass is 16.6. The Labute approximate surface area is 137 Å². The van der Waals surface area contributed by atoms with Gasteiger partial charge in [-0.1, -0.05) is 0 Å². The van der Waals surface area contributed by atoms with Gasteiger partial charge in [0, 0.05) is 6.20 Å². The van der Waals surface area contributed by atoms with Gasteiger partial charge in [0.05, 0.1) is 17.1 Å². The fourth-order valence-corrected chi connectivity index (χ4v) is 1.96. The molecule has 0 spiro atoms. The average molecular weight is 324 g/mol. The SMILES string of the molecule is Cc1ccnc(Nc2ncnc(N(CC#N)CC#N)c2[N+](=O)[O-])c1. The molecule has 0 fully saturated rings. The fourth-order valence-electron chi connectivity index (χ4n) is 1.96. The lowest BCUT2D eigenvalue weighted by Crippen LogP contribution is -2.26. The van der Waals surface area contributed by atoms with E-state index in [1.165, 1.54) is 4.90 Å². The van der Waals surface area contributed by atoms with Crippen LogP contribution in [0.1, 0.15) is 5.56 Å². The second-order valence-electron chi connectivity index (χ2n) is 4.67. The molecule has 0 aliphatic heterocycles. The van der Waals surface area contributed by atoms with Crippen molar-refractivity contribution in [3.63, 3.8) is 0 Å². The first-order valence-electron chi connectivity index (χ1n) is 6.74. The molecule has 2 aromatic rings. The van der Waals surface area contributed by atoms with Crippen molar-refractivity contribution in [2.75, 3.05) is 23.3 Å². The van der Waals surface area contributed by atoms with Gasteiger partial charge in [0.25, 0.3) is 0 Å². The van der Waals surface area contributed by atoms with Crippen LogP contribution >= 0.6 is 0 Å². The van der Waals surface area contributed by atoms with Crippen molar-refractivity contribution in [3.05, 3.63) is 40.3 Å². The quantitative estimate of drug-likeness (QED) is 0.476. The Morgan fingerprint density at radius 3 is 2.58 bits per heavy atom. The number of rotatable bonds is 6. The van der Waals surface area contributed by atoms with Gasteiger partial charge in [-0.2, -0.15) is 10.5 Å². The molecule has 2 rings (SSSR count). The molecule has 120 valence electrons. The predicted octanol–water partition coefficient (Wildman–Crippen LogP) is 1.69. The number of hydrogen-bond donors (Lipinski definition) is 1. The topological polar surface area (TPSA) is 145 Å². The molecule has 0 aliphatic rings. The first kappa shape index (κ1) is 16.6. The average Bonchev–Trinajstić information content (AvgIpc) is 2.54. The van der Waals surface area contributed by atoms with Gasteiger partial charge < -0.3 is 10.2 Å². The molecule has 0 aliphatic carbocycles. The molecule has 0 atom stereocenters. The van der Waals surface area contributed by atoms with Gasteiger partial charge in [-0.05, 0) is 24.6 Å². The van der Waals surface area contributed by atoms with Crippen LogP contribution in [0.15, 0.2) is 24.7 Å². The molecule has 10 heteroatoms. The van der Waals surface area contributed by atoms with Crippen LogP contribution in [0, 0.1) is 39.7 Å². The lowest BCUT2D eigenvalue weighted by molar-refractivity contribution is -0.383. The molecule has 0 aromatic carbocycles. The van der Waals surface area contributed by atoms with Crippen molar-refractivity contribution >= 4 is 23.1 Å². The standard InChI is InChI=1S/C14H12N8O2/c1-10-2-5-17-11(8-10)20-13-12(22(23)24)14(19-9-18-13)21(6-3-15)7-4-16/h2,5,8-9H,6-7H2,1H3,(H,17,18,19,20). The summed E-state index contributed by atoms with van der Waals surface area (Å²) < 4.78 is 0. The Morgan fingerprint density at radius 2 is 2.00 bits per heavy atom. The second kappa shape index (κ2) is 7.47. The third-order valence-corrected chi connectivity index (χ3v) is 2.97. The lowest BCUT2D eigenvalue weighted by Gasteiger charge is -2.17. The van der Waals surface area contributed by atoms with E-state index in [0.29, 0.717) is 5.82 Å². The summed E-state index contributed by atoms with van der Waals surface area (Å²) in [7, 11) is 0. The van der Waals surface area contributed by atoms with Crippen molar-refractivity contribution in [2.45, 2.75) is 6.92 Å². The maximum absolute atomic E-state index is 11.5. The van der Waals surface area contributed by atoms with Gasteiger partial charge in [0.15, 0.2) is 0 Å². The number of pyridine rings is 1. The Morgan fingerprint density at radius 1 is 1.29 bits per heavy atom. The summed E-state index contributed by atoms with van der Waals surface area (Å²) in [6.07, 6.45) is 2.69. The number of nitriles is 2. The zero-order valence-electron chi connectivity index (χ0n) is 12.7. The van der Waals surface area contributed by atoms with E-state index >= 15 is 0 Å². The molecule has 24 heavy (non-hydrogen) atoms. The fraction of sp³-hybridized carbons (Fsp3) is 0.214. The molecular weight excluding hydrogens is 312 g/mol. The summed E-state index contributed by atoms with van der Waals surface area (Å²) in [4.78, 5) is 23.9. The van der Waals surface area contributed by atoms with E-state index < -0.39 is 10.6 Å². The zero-order chi connectivity index (χ0) is 17.5. The minimum absolute atomic E-state index is 0.0658. The van der Waals surface area contributed by atoms with Gasteiger partial charge in [-0.25, -0.2) is 15.0 Å². The number of nitrogens with one attached hydrogen (secondary N) is 1. The van der Waals surface area contributed by atoms with E-state index in [9.17, 15) is 10.1 Å². The van der Waals surface area contributed by atoms with Gasteiger partial charge >= 0.3 is 5.69 Å². The molecule has 0 amide bonds. The highest BCUT2D eigenvalue weighted by Gasteiger charge is 2.27. The van der Waals surface area contributed by atoms with Crippen molar-refractivity contribution in [3.8, 4) is 12.1 Å². The number of nitro groups is 1. The number of nitrogens with zero attached hydrogens (tertiary/aromatic N) is 7. The van der Waals surface area contributed by atoms with Crippen LogP contribution in [0.2, 0.25) is 0 Å². The maximum atomic E-state index is 11.5. The summed E-state index contributed by atoms with van der Waals surface area (Å²) in [5, 5.41) is 32.0. The van der Waals surface area contributed by atoms with Crippen LogP contribution in [-0.2, 0) is 0 Å². The van der Waals surface area contributed by atoms with E-state index in [2.05, 4.69) is 20.3 Å². The maximum Gasteiger partial charge on any atom is 0.353 e. The molecule has 0 radical (unpaired) electrons. The van der Waals surface area contributed by atoms with E-state index in [0.717, 1.165) is 11.9 Å². The highest BCUT2D eigenvalue weighted by molar-refractivity contribution is 5.73. The first-order chi connectivity index (χ1) is 11.6. The van der Waals surface area contributed by atoms with E-state index in [-0.39, 0.29) is 24.7 Å². The van der Waals surface area contributed by atoms with Crippen LogP contribution in [0.3, 0.4) is 0 Å².